The van der Waals surface area contributed by atoms with E-state index in [9.17, 15) is 18.0 Å². The molecule has 0 atom stereocenters. The Morgan fingerprint density at radius 2 is 1.73 bits per heavy atom. The van der Waals surface area contributed by atoms with E-state index in [0.717, 1.165) is 12.1 Å². The average Bonchev–Trinajstić information content (AvgIpc) is 3.31. The summed E-state index contributed by atoms with van der Waals surface area (Å²) >= 11 is 17.2. The van der Waals surface area contributed by atoms with Gasteiger partial charge in [0.1, 0.15) is 11.5 Å². The monoisotopic (exact) mass is 569 g/mol. The Labute approximate surface area is 226 Å². The molecule has 12 heteroatoms. The van der Waals surface area contributed by atoms with Crippen LogP contribution in [-0.4, -0.2) is 37.3 Å². The zero-order chi connectivity index (χ0) is 26.6. The first-order valence-corrected chi connectivity index (χ1v) is 12.2. The quantitative estimate of drug-likeness (QED) is 0.265. The Morgan fingerprint density at radius 1 is 1.03 bits per heavy atom. The number of amides is 1. The van der Waals surface area contributed by atoms with Crippen molar-refractivity contribution in [3.8, 4) is 11.3 Å². The van der Waals surface area contributed by atoms with Crippen LogP contribution < -0.4 is 15.5 Å². The van der Waals surface area contributed by atoms with Crippen molar-refractivity contribution in [2.45, 2.75) is 6.18 Å². The van der Waals surface area contributed by atoms with Crippen LogP contribution in [0.5, 0.6) is 0 Å². The molecule has 2 N–H and O–H groups in total. The maximum Gasteiger partial charge on any atom is 0.416 e. The zero-order valence-corrected chi connectivity index (χ0v) is 21.4. The van der Waals surface area contributed by atoms with Gasteiger partial charge in [-0.3, -0.25) is 10.1 Å². The molecule has 1 saturated heterocycles. The van der Waals surface area contributed by atoms with E-state index in [1.54, 1.807) is 30.3 Å². The van der Waals surface area contributed by atoms with Crippen molar-refractivity contribution >= 4 is 63.9 Å². The number of hydrogen-bond donors (Lipinski definition) is 2. The molecular weight excluding hydrogens is 550 g/mol. The van der Waals surface area contributed by atoms with Crippen molar-refractivity contribution in [3.63, 3.8) is 0 Å². The fraction of sp³-hybridized carbons (Fsp3) is 0.200. The van der Waals surface area contributed by atoms with Gasteiger partial charge >= 0.3 is 6.18 Å². The van der Waals surface area contributed by atoms with E-state index in [1.165, 1.54) is 18.2 Å². The topological polar surface area (TPSA) is 66.7 Å². The summed E-state index contributed by atoms with van der Waals surface area (Å²) in [6.07, 6.45) is -1.92. The van der Waals surface area contributed by atoms with E-state index in [4.69, 9.17) is 44.6 Å². The Balaban J connectivity index is 1.43. The summed E-state index contributed by atoms with van der Waals surface area (Å²) in [4.78, 5) is 14.3. The van der Waals surface area contributed by atoms with Gasteiger partial charge < -0.3 is 19.4 Å². The normalized spacial score (nSPS) is 14.1. The SMILES string of the molecule is O=C(/C=C/c1ccc(-c2cc(Cl)cc(Cl)c2)o1)NC(=S)Nc1cc(C(F)(F)F)ccc1N1CCOCC1. The summed E-state index contributed by atoms with van der Waals surface area (Å²) in [5.41, 5.74) is 0.481. The number of nitrogens with zero attached hydrogens (tertiary/aromatic N) is 1. The van der Waals surface area contributed by atoms with Gasteiger partial charge in [-0.05, 0) is 66.8 Å². The summed E-state index contributed by atoms with van der Waals surface area (Å²) < 4.78 is 50.9. The molecule has 2 aromatic carbocycles. The van der Waals surface area contributed by atoms with Crippen molar-refractivity contribution < 1.29 is 27.1 Å². The van der Waals surface area contributed by atoms with Crippen molar-refractivity contribution in [1.29, 1.82) is 0 Å². The number of thiocarbonyl (C=S) groups is 1. The number of furan rings is 1. The lowest BCUT2D eigenvalue weighted by Gasteiger charge is -2.31. The van der Waals surface area contributed by atoms with Crippen molar-refractivity contribution in [2.24, 2.45) is 0 Å². The van der Waals surface area contributed by atoms with E-state index in [1.807, 2.05) is 4.90 Å². The van der Waals surface area contributed by atoms with Gasteiger partial charge in [0.2, 0.25) is 5.91 Å². The van der Waals surface area contributed by atoms with E-state index >= 15 is 0 Å². The molecule has 0 aliphatic carbocycles. The third kappa shape index (κ3) is 7.26. The highest BCUT2D eigenvalue weighted by Crippen LogP contribution is 2.36. The highest BCUT2D eigenvalue weighted by atomic mass is 35.5. The first kappa shape index (κ1) is 27.0. The van der Waals surface area contributed by atoms with Crippen LogP contribution in [0.4, 0.5) is 24.5 Å². The summed E-state index contributed by atoms with van der Waals surface area (Å²) in [5, 5.41) is 5.90. The standard InChI is InChI=1S/C25H20Cl2F3N3O3S/c26-17-11-15(12-18(27)14-17)22-5-2-19(36-22)3-6-23(34)32-24(37)31-20-13-16(25(28,29)30)1-4-21(20)33-7-9-35-10-8-33/h1-6,11-14H,7-10H2,(H2,31,32,34,37)/b6-3+. The van der Waals surface area contributed by atoms with Crippen LogP contribution >= 0.6 is 35.4 Å². The number of carbonyl (C=O) groups excluding carboxylic acids is 1. The van der Waals surface area contributed by atoms with Gasteiger partial charge in [-0.1, -0.05) is 23.2 Å². The smallest absolute Gasteiger partial charge is 0.416 e. The largest absolute Gasteiger partial charge is 0.457 e. The molecule has 0 saturated carbocycles. The van der Waals surface area contributed by atoms with Gasteiger partial charge in [-0.25, -0.2) is 0 Å². The molecule has 0 spiro atoms. The van der Waals surface area contributed by atoms with Gasteiger partial charge in [0, 0.05) is 34.8 Å². The third-order valence-electron chi connectivity index (χ3n) is 5.33. The number of carbonyl (C=O) groups is 1. The molecule has 37 heavy (non-hydrogen) atoms. The molecule has 6 nitrogen and oxygen atoms in total. The van der Waals surface area contributed by atoms with E-state index in [-0.39, 0.29) is 10.8 Å². The van der Waals surface area contributed by atoms with Crippen LogP contribution in [0.1, 0.15) is 11.3 Å². The van der Waals surface area contributed by atoms with E-state index < -0.39 is 17.6 Å². The molecule has 1 fully saturated rings. The van der Waals surface area contributed by atoms with Gasteiger partial charge in [0.15, 0.2) is 5.11 Å². The van der Waals surface area contributed by atoms with Crippen molar-refractivity contribution in [2.75, 3.05) is 36.5 Å². The minimum absolute atomic E-state index is 0.127. The minimum atomic E-state index is -4.54. The molecule has 0 unspecified atom stereocenters. The number of nitrogens with one attached hydrogen (secondary N) is 2. The molecule has 4 rings (SSSR count). The van der Waals surface area contributed by atoms with Crippen molar-refractivity contribution in [3.05, 3.63) is 76.0 Å². The molecule has 1 aliphatic rings. The van der Waals surface area contributed by atoms with Crippen LogP contribution in [0.25, 0.3) is 17.4 Å². The summed E-state index contributed by atoms with van der Waals surface area (Å²) in [7, 11) is 0. The molecule has 194 valence electrons. The van der Waals surface area contributed by atoms with Gasteiger partial charge in [0.25, 0.3) is 0 Å². The van der Waals surface area contributed by atoms with Crippen LogP contribution in [-0.2, 0) is 15.7 Å². The number of halogens is 5. The van der Waals surface area contributed by atoms with Gasteiger partial charge in [-0.15, -0.1) is 0 Å². The van der Waals surface area contributed by atoms with Crippen molar-refractivity contribution in [1.82, 2.24) is 5.32 Å². The molecular formula is C25H20Cl2F3N3O3S. The maximum atomic E-state index is 13.3. The lowest BCUT2D eigenvalue weighted by molar-refractivity contribution is -0.137. The zero-order valence-electron chi connectivity index (χ0n) is 19.1. The number of anilines is 2. The number of morpholine rings is 1. The molecule has 1 aromatic heterocycles. The van der Waals surface area contributed by atoms with Crippen LogP contribution in [0, 0.1) is 0 Å². The first-order chi connectivity index (χ1) is 17.6. The predicted octanol–water partition coefficient (Wildman–Crippen LogP) is 6.64. The lowest BCUT2D eigenvalue weighted by atomic mass is 10.1. The van der Waals surface area contributed by atoms with E-state index in [2.05, 4.69) is 10.6 Å². The number of ether oxygens (including phenoxy) is 1. The average molecular weight is 570 g/mol. The summed E-state index contributed by atoms with van der Waals surface area (Å²) in [5.74, 6) is 0.288. The summed E-state index contributed by atoms with van der Waals surface area (Å²) in [6.45, 7) is 1.92. The Kier molecular flexibility index (Phi) is 8.43. The molecule has 0 bridgehead atoms. The number of benzene rings is 2. The van der Waals surface area contributed by atoms with E-state index in [0.29, 0.717) is 59.1 Å². The lowest BCUT2D eigenvalue weighted by Crippen LogP contribution is -2.38. The highest BCUT2D eigenvalue weighted by molar-refractivity contribution is 7.80. The fourth-order valence-corrected chi connectivity index (χ4v) is 4.39. The summed E-state index contributed by atoms with van der Waals surface area (Å²) in [6, 6.07) is 11.7. The van der Waals surface area contributed by atoms with Gasteiger partial charge in [0.05, 0.1) is 30.2 Å². The number of rotatable bonds is 5. The second-order valence-corrected chi connectivity index (χ2v) is 9.25. The Bertz CT molecular complexity index is 1320. The first-order valence-electron chi connectivity index (χ1n) is 11.0. The van der Waals surface area contributed by atoms with Gasteiger partial charge in [-0.2, -0.15) is 13.2 Å². The predicted molar refractivity (Wildman–Crippen MR) is 142 cm³/mol. The second-order valence-electron chi connectivity index (χ2n) is 7.97. The Hall–Kier alpha value is -3.05. The second kappa shape index (κ2) is 11.6. The Morgan fingerprint density at radius 3 is 2.41 bits per heavy atom. The maximum absolute atomic E-state index is 13.3. The molecule has 1 amide bonds. The number of alkyl halides is 3. The highest BCUT2D eigenvalue weighted by Gasteiger charge is 2.31. The van der Waals surface area contributed by atoms with Crippen LogP contribution in [0.3, 0.4) is 0 Å². The number of hydrogen-bond acceptors (Lipinski definition) is 5. The molecule has 3 aromatic rings. The minimum Gasteiger partial charge on any atom is -0.457 e. The van der Waals surface area contributed by atoms with Crippen LogP contribution in [0.15, 0.2) is 59.0 Å². The fourth-order valence-electron chi connectivity index (χ4n) is 3.65. The molecule has 0 radical (unpaired) electrons. The van der Waals surface area contributed by atoms with Crippen LogP contribution in [0.2, 0.25) is 10.0 Å². The molecule has 2 heterocycles. The third-order valence-corrected chi connectivity index (χ3v) is 5.97. The molecule has 1 aliphatic heterocycles.